The first-order valence-corrected chi connectivity index (χ1v) is 4.43. The molecule has 2 N–H and O–H groups in total. The molecule has 2 aromatic heterocycles. The number of hydrogen-bond acceptors (Lipinski definition) is 1. The summed E-state index contributed by atoms with van der Waals surface area (Å²) in [4.78, 5) is 2.86. The summed E-state index contributed by atoms with van der Waals surface area (Å²) in [6, 6.07) is 11.9. The van der Waals surface area contributed by atoms with E-state index in [4.69, 9.17) is 0 Å². The second kappa shape index (κ2) is 4.28. The van der Waals surface area contributed by atoms with E-state index in [1.807, 2.05) is 55.0 Å². The van der Waals surface area contributed by atoms with Crippen LogP contribution in [0, 0.1) is 0 Å². The Morgan fingerprint density at radius 1 is 0.929 bits per heavy atom. The number of benzene rings is 1. The molecule has 0 unspecified atom stereocenters. The Hall–Kier alpha value is -2.03. The summed E-state index contributed by atoms with van der Waals surface area (Å²) in [6.07, 6.45) is 5.56. The smallest absolute Gasteiger partial charge is 0.0650 e. The Bertz CT molecular complexity index is 421. The number of aromatic amines is 2. The zero-order chi connectivity index (χ0) is 9.64. The molecule has 0 radical (unpaired) electrons. The van der Waals surface area contributed by atoms with E-state index in [-0.39, 0.29) is 0 Å². The van der Waals surface area contributed by atoms with E-state index in [1.54, 1.807) is 0 Å². The summed E-state index contributed by atoms with van der Waals surface area (Å²) in [6.45, 7) is 0. The Morgan fingerprint density at radius 3 is 2.36 bits per heavy atom. The van der Waals surface area contributed by atoms with Crippen LogP contribution in [-0.2, 0) is 0 Å². The average molecular weight is 185 g/mol. The lowest BCUT2D eigenvalue weighted by Crippen LogP contribution is -1.63. The van der Waals surface area contributed by atoms with Gasteiger partial charge < -0.3 is 4.98 Å². The van der Waals surface area contributed by atoms with Crippen LogP contribution < -0.4 is 0 Å². The fourth-order valence-electron chi connectivity index (χ4n) is 1.16. The SMILES string of the molecule is c1cc[nH]c1.c1ccc2[nH]ncc2c1. The highest BCUT2D eigenvalue weighted by molar-refractivity contribution is 5.77. The number of fused-ring (bicyclic) bond motifs is 1. The highest BCUT2D eigenvalue weighted by atomic mass is 15.1. The molecule has 70 valence electrons. The van der Waals surface area contributed by atoms with Gasteiger partial charge in [0, 0.05) is 17.8 Å². The molecule has 1 aromatic carbocycles. The zero-order valence-corrected chi connectivity index (χ0v) is 7.64. The van der Waals surface area contributed by atoms with Crippen LogP contribution in [0.4, 0.5) is 0 Å². The second-order valence-corrected chi connectivity index (χ2v) is 2.84. The highest BCUT2D eigenvalue weighted by Gasteiger charge is 1.88. The van der Waals surface area contributed by atoms with Gasteiger partial charge in [-0.05, 0) is 18.2 Å². The summed E-state index contributed by atoms with van der Waals surface area (Å²) in [5.74, 6) is 0. The van der Waals surface area contributed by atoms with E-state index >= 15 is 0 Å². The van der Waals surface area contributed by atoms with Crippen molar-refractivity contribution in [1.82, 2.24) is 15.2 Å². The van der Waals surface area contributed by atoms with Gasteiger partial charge in [-0.25, -0.2) is 0 Å². The third-order valence-electron chi connectivity index (χ3n) is 1.85. The summed E-state index contributed by atoms with van der Waals surface area (Å²) in [7, 11) is 0. The van der Waals surface area contributed by atoms with Crippen molar-refractivity contribution in [2.75, 3.05) is 0 Å². The summed E-state index contributed by atoms with van der Waals surface area (Å²) in [5, 5.41) is 7.91. The number of rotatable bonds is 0. The Balaban J connectivity index is 0.000000128. The molecular formula is C11H11N3. The Labute approximate surface area is 81.8 Å². The summed E-state index contributed by atoms with van der Waals surface area (Å²) < 4.78 is 0. The van der Waals surface area contributed by atoms with Crippen molar-refractivity contribution >= 4 is 10.9 Å². The molecular weight excluding hydrogens is 174 g/mol. The normalized spacial score (nSPS) is 9.43. The van der Waals surface area contributed by atoms with E-state index in [9.17, 15) is 0 Å². The fraction of sp³-hybridized carbons (Fsp3) is 0. The lowest BCUT2D eigenvalue weighted by molar-refractivity contribution is 1.12. The molecule has 0 aliphatic carbocycles. The van der Waals surface area contributed by atoms with Crippen LogP contribution in [0.15, 0.2) is 55.0 Å². The molecule has 2 heterocycles. The van der Waals surface area contributed by atoms with Crippen LogP contribution >= 0.6 is 0 Å². The molecule has 0 aliphatic heterocycles. The van der Waals surface area contributed by atoms with E-state index < -0.39 is 0 Å². The molecule has 3 heteroatoms. The maximum absolute atomic E-state index is 3.88. The molecule has 0 saturated carbocycles. The predicted octanol–water partition coefficient (Wildman–Crippen LogP) is 2.58. The van der Waals surface area contributed by atoms with Crippen molar-refractivity contribution in [2.45, 2.75) is 0 Å². The molecule has 3 aromatic rings. The van der Waals surface area contributed by atoms with Gasteiger partial charge in [0.05, 0.1) is 11.7 Å². The molecule has 0 amide bonds. The standard InChI is InChI=1S/C7H6N2.C4H5N/c1-2-4-7-6(3-1)5-8-9-7;1-2-4-5-3-1/h1-5H,(H,8,9);1-5H. The van der Waals surface area contributed by atoms with E-state index in [1.165, 1.54) is 0 Å². The average Bonchev–Trinajstić information content (AvgIpc) is 2.92. The summed E-state index contributed by atoms with van der Waals surface area (Å²) >= 11 is 0. The molecule has 0 spiro atoms. The quantitative estimate of drug-likeness (QED) is 0.555. The van der Waals surface area contributed by atoms with Gasteiger partial charge in [0.1, 0.15) is 0 Å². The minimum absolute atomic E-state index is 1.09. The lowest BCUT2D eigenvalue weighted by Gasteiger charge is -1.81. The van der Waals surface area contributed by atoms with Gasteiger partial charge in [0.2, 0.25) is 0 Å². The molecule has 0 saturated heterocycles. The Kier molecular flexibility index (Phi) is 2.62. The number of H-pyrrole nitrogens is 2. The van der Waals surface area contributed by atoms with Gasteiger partial charge in [0.15, 0.2) is 0 Å². The first-order chi connectivity index (χ1) is 6.97. The van der Waals surface area contributed by atoms with Crippen LogP contribution in [-0.4, -0.2) is 15.2 Å². The third kappa shape index (κ3) is 2.01. The van der Waals surface area contributed by atoms with Crippen molar-refractivity contribution in [2.24, 2.45) is 0 Å². The predicted molar refractivity (Wildman–Crippen MR) is 56.9 cm³/mol. The molecule has 3 rings (SSSR count). The maximum Gasteiger partial charge on any atom is 0.0650 e. The van der Waals surface area contributed by atoms with E-state index in [2.05, 4.69) is 15.2 Å². The summed E-state index contributed by atoms with van der Waals surface area (Å²) in [5.41, 5.74) is 1.09. The number of para-hydroxylation sites is 1. The first-order valence-electron chi connectivity index (χ1n) is 4.43. The van der Waals surface area contributed by atoms with Crippen molar-refractivity contribution < 1.29 is 0 Å². The van der Waals surface area contributed by atoms with Crippen LogP contribution in [0.25, 0.3) is 10.9 Å². The van der Waals surface area contributed by atoms with Crippen LogP contribution in [0.5, 0.6) is 0 Å². The Morgan fingerprint density at radius 2 is 1.71 bits per heavy atom. The molecule has 0 atom stereocenters. The van der Waals surface area contributed by atoms with Gasteiger partial charge in [-0.2, -0.15) is 5.10 Å². The zero-order valence-electron chi connectivity index (χ0n) is 7.64. The largest absolute Gasteiger partial charge is 0.368 e. The van der Waals surface area contributed by atoms with Gasteiger partial charge in [-0.1, -0.05) is 18.2 Å². The van der Waals surface area contributed by atoms with Crippen molar-refractivity contribution in [3.63, 3.8) is 0 Å². The number of nitrogens with one attached hydrogen (secondary N) is 2. The van der Waals surface area contributed by atoms with Crippen LogP contribution in [0.3, 0.4) is 0 Å². The highest BCUT2D eigenvalue weighted by Crippen LogP contribution is 2.06. The van der Waals surface area contributed by atoms with Crippen molar-refractivity contribution in [3.05, 3.63) is 55.0 Å². The third-order valence-corrected chi connectivity index (χ3v) is 1.85. The minimum Gasteiger partial charge on any atom is -0.368 e. The van der Waals surface area contributed by atoms with Gasteiger partial charge in [-0.3, -0.25) is 5.10 Å². The monoisotopic (exact) mass is 185 g/mol. The number of nitrogens with zero attached hydrogens (tertiary/aromatic N) is 1. The number of aromatic nitrogens is 3. The van der Waals surface area contributed by atoms with Crippen molar-refractivity contribution in [1.29, 1.82) is 0 Å². The van der Waals surface area contributed by atoms with Gasteiger partial charge >= 0.3 is 0 Å². The molecule has 0 fully saturated rings. The van der Waals surface area contributed by atoms with Gasteiger partial charge in [-0.15, -0.1) is 0 Å². The molecule has 0 bridgehead atoms. The van der Waals surface area contributed by atoms with E-state index in [0.29, 0.717) is 0 Å². The van der Waals surface area contributed by atoms with Crippen molar-refractivity contribution in [3.8, 4) is 0 Å². The van der Waals surface area contributed by atoms with Crippen LogP contribution in [0.1, 0.15) is 0 Å². The molecule has 3 nitrogen and oxygen atoms in total. The van der Waals surface area contributed by atoms with Gasteiger partial charge in [0.25, 0.3) is 0 Å². The van der Waals surface area contributed by atoms with E-state index in [0.717, 1.165) is 10.9 Å². The lowest BCUT2D eigenvalue weighted by atomic mass is 10.3. The topological polar surface area (TPSA) is 44.5 Å². The first kappa shape index (κ1) is 8.56. The van der Waals surface area contributed by atoms with Crippen LogP contribution in [0.2, 0.25) is 0 Å². The molecule has 14 heavy (non-hydrogen) atoms. The minimum atomic E-state index is 1.09. The fourth-order valence-corrected chi connectivity index (χ4v) is 1.16. The molecule has 0 aliphatic rings. The number of hydrogen-bond donors (Lipinski definition) is 2. The second-order valence-electron chi connectivity index (χ2n) is 2.84. The maximum atomic E-state index is 3.88.